The van der Waals surface area contributed by atoms with Crippen LogP contribution in [0.15, 0.2) is 36.7 Å². The second-order valence-electron chi connectivity index (χ2n) is 5.62. The molecule has 0 atom stereocenters. The number of rotatable bonds is 7. The van der Waals surface area contributed by atoms with Gasteiger partial charge in [-0.15, -0.1) is 0 Å². The van der Waals surface area contributed by atoms with Crippen LogP contribution >= 0.6 is 0 Å². The Labute approximate surface area is 132 Å². The van der Waals surface area contributed by atoms with Gasteiger partial charge < -0.3 is 14.8 Å². The lowest BCUT2D eigenvalue weighted by Crippen LogP contribution is -2.26. The van der Waals surface area contributed by atoms with E-state index >= 15 is 0 Å². The van der Waals surface area contributed by atoms with Crippen molar-refractivity contribution in [2.24, 2.45) is 7.05 Å². The zero-order chi connectivity index (χ0) is 15.9. The van der Waals surface area contributed by atoms with Crippen molar-refractivity contribution < 1.29 is 4.79 Å². The lowest BCUT2D eigenvalue weighted by atomic mass is 10.1. The van der Waals surface area contributed by atoms with Crippen molar-refractivity contribution in [3.8, 4) is 0 Å². The zero-order valence-corrected chi connectivity index (χ0v) is 13.5. The molecule has 1 N–H and O–H groups in total. The number of carbonyl (C=O) groups is 1. The van der Waals surface area contributed by atoms with Gasteiger partial charge in [-0.25, -0.2) is 4.98 Å². The summed E-state index contributed by atoms with van der Waals surface area (Å²) >= 11 is 0. The maximum Gasteiger partial charge on any atom is 0.220 e. The molecule has 0 aliphatic heterocycles. The average molecular weight is 300 g/mol. The predicted octanol–water partition coefficient (Wildman–Crippen LogP) is 1.78. The predicted molar refractivity (Wildman–Crippen MR) is 89.0 cm³/mol. The number of anilines is 1. The third-order valence-electron chi connectivity index (χ3n) is 3.69. The van der Waals surface area contributed by atoms with Gasteiger partial charge in [0.2, 0.25) is 5.91 Å². The number of benzene rings is 1. The van der Waals surface area contributed by atoms with Gasteiger partial charge in [0.15, 0.2) is 0 Å². The van der Waals surface area contributed by atoms with Gasteiger partial charge in [0.05, 0.1) is 0 Å². The molecule has 0 unspecified atom stereocenters. The summed E-state index contributed by atoms with van der Waals surface area (Å²) in [6.07, 6.45) is 5.72. The van der Waals surface area contributed by atoms with E-state index in [1.165, 1.54) is 11.3 Å². The smallest absolute Gasteiger partial charge is 0.220 e. The number of hydrogen-bond donors (Lipinski definition) is 1. The van der Waals surface area contributed by atoms with Gasteiger partial charge in [-0.3, -0.25) is 4.79 Å². The van der Waals surface area contributed by atoms with Gasteiger partial charge in [-0.1, -0.05) is 12.1 Å². The Bertz CT molecular complexity index is 601. The molecule has 0 radical (unpaired) electrons. The van der Waals surface area contributed by atoms with Crippen LogP contribution in [0, 0.1) is 0 Å². The van der Waals surface area contributed by atoms with Gasteiger partial charge in [-0.2, -0.15) is 0 Å². The molecule has 0 bridgehead atoms. The molecule has 0 saturated carbocycles. The van der Waals surface area contributed by atoms with E-state index in [4.69, 9.17) is 0 Å². The van der Waals surface area contributed by atoms with E-state index in [0.29, 0.717) is 13.0 Å². The standard InChI is InChI=1S/C17H24N4O/c1-20(2)15-7-4-14(5-8-15)6-9-17(22)19-11-10-16-18-12-13-21(16)3/h4-5,7-8,12-13H,6,9-11H2,1-3H3,(H,19,22). The summed E-state index contributed by atoms with van der Waals surface area (Å²) < 4.78 is 1.97. The van der Waals surface area contributed by atoms with Crippen LogP contribution in [0.1, 0.15) is 17.8 Å². The molecule has 2 rings (SSSR count). The van der Waals surface area contributed by atoms with E-state index in [0.717, 1.165) is 18.7 Å². The van der Waals surface area contributed by atoms with Crippen molar-refractivity contribution in [2.45, 2.75) is 19.3 Å². The van der Waals surface area contributed by atoms with E-state index in [-0.39, 0.29) is 5.91 Å². The van der Waals surface area contributed by atoms with Crippen molar-refractivity contribution in [3.05, 3.63) is 48.0 Å². The number of nitrogens with one attached hydrogen (secondary N) is 1. The van der Waals surface area contributed by atoms with Crippen LogP contribution in [0.5, 0.6) is 0 Å². The van der Waals surface area contributed by atoms with Gasteiger partial charge in [0, 0.05) is 58.6 Å². The maximum atomic E-state index is 11.9. The molecule has 0 saturated heterocycles. The van der Waals surface area contributed by atoms with E-state index < -0.39 is 0 Å². The van der Waals surface area contributed by atoms with Crippen LogP contribution in [0.2, 0.25) is 0 Å². The van der Waals surface area contributed by atoms with Gasteiger partial charge >= 0.3 is 0 Å². The third-order valence-corrected chi connectivity index (χ3v) is 3.69. The molecular weight excluding hydrogens is 276 g/mol. The highest BCUT2D eigenvalue weighted by Crippen LogP contribution is 2.13. The van der Waals surface area contributed by atoms with Crippen molar-refractivity contribution in [3.63, 3.8) is 0 Å². The Morgan fingerprint density at radius 1 is 1.23 bits per heavy atom. The Morgan fingerprint density at radius 2 is 1.95 bits per heavy atom. The van der Waals surface area contributed by atoms with Crippen LogP contribution in [0.4, 0.5) is 5.69 Å². The minimum Gasteiger partial charge on any atom is -0.378 e. The summed E-state index contributed by atoms with van der Waals surface area (Å²) in [6.45, 7) is 0.628. The first kappa shape index (κ1) is 16.1. The highest BCUT2D eigenvalue weighted by Gasteiger charge is 2.04. The molecule has 2 aromatic rings. The highest BCUT2D eigenvalue weighted by molar-refractivity contribution is 5.76. The number of carbonyl (C=O) groups excluding carboxylic acids is 1. The summed E-state index contributed by atoms with van der Waals surface area (Å²) in [4.78, 5) is 18.2. The molecule has 1 heterocycles. The summed E-state index contributed by atoms with van der Waals surface area (Å²) in [7, 11) is 6.00. The topological polar surface area (TPSA) is 50.2 Å². The fourth-order valence-corrected chi connectivity index (χ4v) is 2.26. The summed E-state index contributed by atoms with van der Waals surface area (Å²) in [5.74, 6) is 1.07. The van der Waals surface area contributed by atoms with E-state index in [1.54, 1.807) is 6.20 Å². The van der Waals surface area contributed by atoms with Gasteiger partial charge in [0.1, 0.15) is 5.82 Å². The first-order valence-electron chi connectivity index (χ1n) is 7.55. The first-order chi connectivity index (χ1) is 10.6. The molecule has 0 aliphatic rings. The Kier molecular flexibility index (Phi) is 5.58. The molecule has 118 valence electrons. The summed E-state index contributed by atoms with van der Waals surface area (Å²) in [5, 5.41) is 2.95. The molecule has 0 spiro atoms. The van der Waals surface area contributed by atoms with Gasteiger partial charge in [0.25, 0.3) is 0 Å². The van der Waals surface area contributed by atoms with Crippen LogP contribution in [-0.2, 0) is 24.7 Å². The second kappa shape index (κ2) is 7.64. The molecular formula is C17H24N4O. The fourth-order valence-electron chi connectivity index (χ4n) is 2.26. The van der Waals surface area contributed by atoms with Crippen LogP contribution in [0.3, 0.4) is 0 Å². The lowest BCUT2D eigenvalue weighted by molar-refractivity contribution is -0.121. The minimum atomic E-state index is 0.0888. The molecule has 0 fully saturated rings. The molecule has 0 aliphatic carbocycles. The van der Waals surface area contributed by atoms with Crippen LogP contribution < -0.4 is 10.2 Å². The third kappa shape index (κ3) is 4.62. The zero-order valence-electron chi connectivity index (χ0n) is 13.5. The minimum absolute atomic E-state index is 0.0888. The molecule has 22 heavy (non-hydrogen) atoms. The molecule has 5 nitrogen and oxygen atoms in total. The number of aryl methyl sites for hydroxylation is 2. The molecule has 1 amide bonds. The van der Waals surface area contributed by atoms with Crippen molar-refractivity contribution in [1.29, 1.82) is 0 Å². The quantitative estimate of drug-likeness (QED) is 0.848. The summed E-state index contributed by atoms with van der Waals surface area (Å²) in [5.41, 5.74) is 2.35. The molecule has 1 aromatic carbocycles. The van der Waals surface area contributed by atoms with Crippen molar-refractivity contribution in [2.75, 3.05) is 25.5 Å². The molecule has 5 heteroatoms. The Morgan fingerprint density at radius 3 is 2.55 bits per heavy atom. The Hall–Kier alpha value is -2.30. The number of nitrogens with zero attached hydrogens (tertiary/aromatic N) is 3. The number of aromatic nitrogens is 2. The first-order valence-corrected chi connectivity index (χ1v) is 7.55. The van der Waals surface area contributed by atoms with Crippen molar-refractivity contribution >= 4 is 11.6 Å². The SMILES string of the molecule is CN(C)c1ccc(CCC(=O)NCCc2nccn2C)cc1. The lowest BCUT2D eigenvalue weighted by Gasteiger charge is -2.12. The van der Waals surface area contributed by atoms with Crippen LogP contribution in [0.25, 0.3) is 0 Å². The van der Waals surface area contributed by atoms with E-state index in [1.807, 2.05) is 31.9 Å². The highest BCUT2D eigenvalue weighted by atomic mass is 16.1. The van der Waals surface area contributed by atoms with E-state index in [2.05, 4.69) is 39.5 Å². The number of amides is 1. The maximum absolute atomic E-state index is 11.9. The average Bonchev–Trinajstić information content (AvgIpc) is 2.91. The monoisotopic (exact) mass is 300 g/mol. The largest absolute Gasteiger partial charge is 0.378 e. The van der Waals surface area contributed by atoms with E-state index in [9.17, 15) is 4.79 Å². The summed E-state index contributed by atoms with van der Waals surface area (Å²) in [6, 6.07) is 8.32. The Balaban J connectivity index is 1.70. The number of hydrogen-bond acceptors (Lipinski definition) is 3. The van der Waals surface area contributed by atoms with Gasteiger partial charge in [-0.05, 0) is 24.1 Å². The molecule has 1 aromatic heterocycles. The number of imidazole rings is 1. The van der Waals surface area contributed by atoms with Crippen molar-refractivity contribution in [1.82, 2.24) is 14.9 Å². The second-order valence-corrected chi connectivity index (χ2v) is 5.62. The van der Waals surface area contributed by atoms with Crippen LogP contribution in [-0.4, -0.2) is 36.1 Å². The fraction of sp³-hybridized carbons (Fsp3) is 0.412. The normalized spacial score (nSPS) is 10.5.